The fraction of sp³-hybridized carbons (Fsp3) is 0.732. The van der Waals surface area contributed by atoms with Crippen molar-refractivity contribution in [3.05, 3.63) is 97.2 Å². The Kier molecular flexibility index (Phi) is 61.8. The molecule has 0 fully saturated rings. The zero-order valence-electron chi connectivity index (χ0n) is 50.7. The average molecular weight is 1070 g/mol. The molecule has 0 amide bonds. The fourth-order valence-electron chi connectivity index (χ4n) is 9.14. The number of hydrogen-bond acceptors (Lipinski definition) is 6. The monoisotopic (exact) mass is 1070 g/mol. The number of carbonyl (C=O) groups is 3. The second-order valence-electron chi connectivity index (χ2n) is 21.6. The van der Waals surface area contributed by atoms with Gasteiger partial charge in [-0.3, -0.25) is 14.4 Å². The third-order valence-corrected chi connectivity index (χ3v) is 14.0. The molecule has 1 unspecified atom stereocenters. The molecule has 0 spiro atoms. The van der Waals surface area contributed by atoms with Gasteiger partial charge in [0.15, 0.2) is 6.10 Å². The molecule has 6 heteroatoms. The highest BCUT2D eigenvalue weighted by Crippen LogP contribution is 2.16. The van der Waals surface area contributed by atoms with Crippen molar-refractivity contribution >= 4 is 17.9 Å². The largest absolute Gasteiger partial charge is 0.462 e. The van der Waals surface area contributed by atoms with Crippen molar-refractivity contribution in [2.45, 2.75) is 322 Å². The van der Waals surface area contributed by atoms with Crippen LogP contribution in [0, 0.1) is 0 Å². The molecule has 6 nitrogen and oxygen atoms in total. The summed E-state index contributed by atoms with van der Waals surface area (Å²) in [6.07, 6.45) is 87.2. The van der Waals surface area contributed by atoms with E-state index in [0.717, 1.165) is 122 Å². The van der Waals surface area contributed by atoms with Crippen LogP contribution in [0.25, 0.3) is 0 Å². The van der Waals surface area contributed by atoms with E-state index in [1.54, 1.807) is 0 Å². The van der Waals surface area contributed by atoms with Crippen LogP contribution in [-0.2, 0) is 28.6 Å². The number of carbonyl (C=O) groups excluding carboxylic acids is 3. The maximum Gasteiger partial charge on any atom is 0.306 e. The molecule has 0 aliphatic rings. The predicted octanol–water partition coefficient (Wildman–Crippen LogP) is 22.4. The van der Waals surface area contributed by atoms with Gasteiger partial charge in [0.25, 0.3) is 0 Å². The Morgan fingerprint density at radius 2 is 0.506 bits per heavy atom. The Balaban J connectivity index is 4.21. The molecule has 1 atom stereocenters. The quantitative estimate of drug-likeness (QED) is 0.0261. The Labute approximate surface area is 477 Å². The van der Waals surface area contributed by atoms with E-state index in [-0.39, 0.29) is 31.1 Å². The summed E-state index contributed by atoms with van der Waals surface area (Å²) in [5.41, 5.74) is 0. The maximum absolute atomic E-state index is 12.9. The van der Waals surface area contributed by atoms with E-state index in [2.05, 4.69) is 118 Å². The van der Waals surface area contributed by atoms with Gasteiger partial charge < -0.3 is 14.2 Å². The van der Waals surface area contributed by atoms with Gasteiger partial charge in [0.1, 0.15) is 13.2 Å². The summed E-state index contributed by atoms with van der Waals surface area (Å²) in [6.45, 7) is 6.47. The van der Waals surface area contributed by atoms with E-state index in [9.17, 15) is 14.4 Å². The molecular weight excluding hydrogens is 949 g/mol. The number of rotatable bonds is 59. The lowest BCUT2D eigenvalue weighted by atomic mass is 10.0. The second-order valence-corrected chi connectivity index (χ2v) is 21.6. The first kappa shape index (κ1) is 73.3. The van der Waals surface area contributed by atoms with E-state index in [1.165, 1.54) is 154 Å². The summed E-state index contributed by atoms with van der Waals surface area (Å²) in [6, 6.07) is 0. The van der Waals surface area contributed by atoms with Gasteiger partial charge in [-0.15, -0.1) is 0 Å². The van der Waals surface area contributed by atoms with Crippen LogP contribution in [0.15, 0.2) is 97.2 Å². The Hall–Kier alpha value is -3.67. The number of hydrogen-bond donors (Lipinski definition) is 0. The molecule has 0 aliphatic heterocycles. The first-order valence-corrected chi connectivity index (χ1v) is 32.7. The number of ether oxygens (including phenoxy) is 3. The lowest BCUT2D eigenvalue weighted by Gasteiger charge is -2.18. The number of unbranched alkanes of at least 4 members (excludes halogenated alkanes) is 32. The molecule has 442 valence electrons. The Morgan fingerprint density at radius 3 is 0.831 bits per heavy atom. The minimum absolute atomic E-state index is 0.0915. The van der Waals surface area contributed by atoms with Gasteiger partial charge >= 0.3 is 17.9 Å². The second kappa shape index (κ2) is 64.9. The van der Waals surface area contributed by atoms with Crippen molar-refractivity contribution in [2.75, 3.05) is 13.2 Å². The first-order valence-electron chi connectivity index (χ1n) is 32.7. The van der Waals surface area contributed by atoms with Crippen LogP contribution in [0.1, 0.15) is 316 Å². The van der Waals surface area contributed by atoms with Crippen LogP contribution < -0.4 is 0 Å². The molecule has 0 aliphatic carbocycles. The molecule has 0 N–H and O–H groups in total. The molecular formula is C71H122O6. The van der Waals surface area contributed by atoms with Crippen LogP contribution in [0.3, 0.4) is 0 Å². The van der Waals surface area contributed by atoms with Gasteiger partial charge in [-0.1, -0.05) is 272 Å². The zero-order chi connectivity index (χ0) is 55.7. The summed E-state index contributed by atoms with van der Waals surface area (Å²) in [5, 5.41) is 0. The van der Waals surface area contributed by atoms with Gasteiger partial charge in [0, 0.05) is 19.3 Å². The summed E-state index contributed by atoms with van der Waals surface area (Å²) in [7, 11) is 0. The number of esters is 3. The average Bonchev–Trinajstić information content (AvgIpc) is 3.43. The molecule has 0 radical (unpaired) electrons. The van der Waals surface area contributed by atoms with Gasteiger partial charge in [-0.2, -0.15) is 0 Å². The molecule has 0 bridgehead atoms. The zero-order valence-corrected chi connectivity index (χ0v) is 50.7. The molecule has 0 rings (SSSR count). The highest BCUT2D eigenvalue weighted by molar-refractivity contribution is 5.71. The van der Waals surface area contributed by atoms with E-state index in [4.69, 9.17) is 14.2 Å². The molecule has 0 aromatic rings. The van der Waals surface area contributed by atoms with Crippen molar-refractivity contribution < 1.29 is 28.6 Å². The predicted molar refractivity (Wildman–Crippen MR) is 334 cm³/mol. The summed E-state index contributed by atoms with van der Waals surface area (Å²) in [4.78, 5) is 38.2. The Morgan fingerprint density at radius 1 is 0.273 bits per heavy atom. The number of allylic oxidation sites excluding steroid dienone is 16. The summed E-state index contributed by atoms with van der Waals surface area (Å²) in [5.74, 6) is -0.928. The van der Waals surface area contributed by atoms with Crippen molar-refractivity contribution in [1.82, 2.24) is 0 Å². The molecule has 0 aromatic heterocycles. The SMILES string of the molecule is CC/C=C\C/C=C\C/C=C\CCCCCC(=O)OCC(COC(=O)CCCCCCCCCCCCCCCCCC/C=C\C/C=C\C/C=C\CCCCCCC)OC(=O)CCCCCCC/C=C\C/C=C\CCCCC. The minimum atomic E-state index is -0.797. The maximum atomic E-state index is 12.9. The van der Waals surface area contributed by atoms with Crippen molar-refractivity contribution in [2.24, 2.45) is 0 Å². The van der Waals surface area contributed by atoms with E-state index in [0.29, 0.717) is 19.3 Å². The minimum Gasteiger partial charge on any atom is -0.462 e. The van der Waals surface area contributed by atoms with Crippen LogP contribution in [0.4, 0.5) is 0 Å². The van der Waals surface area contributed by atoms with Gasteiger partial charge in [-0.25, -0.2) is 0 Å². The lowest BCUT2D eigenvalue weighted by Crippen LogP contribution is -2.30. The molecule has 77 heavy (non-hydrogen) atoms. The topological polar surface area (TPSA) is 78.9 Å². The third kappa shape index (κ3) is 63.0. The smallest absolute Gasteiger partial charge is 0.306 e. The van der Waals surface area contributed by atoms with Crippen LogP contribution in [-0.4, -0.2) is 37.2 Å². The van der Waals surface area contributed by atoms with Gasteiger partial charge in [0.05, 0.1) is 0 Å². The van der Waals surface area contributed by atoms with Crippen LogP contribution in [0.5, 0.6) is 0 Å². The molecule has 0 heterocycles. The summed E-state index contributed by atoms with van der Waals surface area (Å²) < 4.78 is 16.9. The standard InChI is InChI=1S/C71H122O6/c1-4-7-10-13-16-19-22-25-27-28-29-30-31-32-33-34-35-36-37-38-39-40-41-42-44-46-49-52-55-58-61-64-70(73)76-67-68(66-75-69(72)63-60-57-54-51-48-45-24-21-18-15-12-9-6-3)77-71(74)65-62-59-56-53-50-47-43-26-23-20-17-14-11-8-5-2/h9,12,17-18,20-22,25-26,28-29,31-32,43,45,48,68H,4-8,10-11,13-16,19,23-24,27,30,33-42,44,46-47,49-67H2,1-3H3/b12-9-,20-17-,21-18-,25-22-,29-28-,32-31-,43-26-,48-45-. The first-order chi connectivity index (χ1) is 38.0. The lowest BCUT2D eigenvalue weighted by molar-refractivity contribution is -0.167. The van der Waals surface area contributed by atoms with Crippen molar-refractivity contribution in [3.63, 3.8) is 0 Å². The Bertz CT molecular complexity index is 1510. The molecule has 0 aromatic carbocycles. The van der Waals surface area contributed by atoms with E-state index < -0.39 is 6.10 Å². The third-order valence-electron chi connectivity index (χ3n) is 14.0. The van der Waals surface area contributed by atoms with Crippen molar-refractivity contribution in [1.29, 1.82) is 0 Å². The normalized spacial score (nSPS) is 12.7. The van der Waals surface area contributed by atoms with E-state index >= 15 is 0 Å². The molecule has 0 saturated heterocycles. The van der Waals surface area contributed by atoms with Crippen molar-refractivity contribution in [3.8, 4) is 0 Å². The molecule has 0 saturated carbocycles. The summed E-state index contributed by atoms with van der Waals surface area (Å²) >= 11 is 0. The van der Waals surface area contributed by atoms with Gasteiger partial charge in [-0.05, 0) is 122 Å². The van der Waals surface area contributed by atoms with Gasteiger partial charge in [0.2, 0.25) is 0 Å². The van der Waals surface area contributed by atoms with Crippen LogP contribution in [0.2, 0.25) is 0 Å². The van der Waals surface area contributed by atoms with E-state index in [1.807, 2.05) is 0 Å². The highest BCUT2D eigenvalue weighted by Gasteiger charge is 2.19. The fourth-order valence-corrected chi connectivity index (χ4v) is 9.14. The highest BCUT2D eigenvalue weighted by atomic mass is 16.6. The van der Waals surface area contributed by atoms with Crippen LogP contribution >= 0.6 is 0 Å².